The molecule has 2 aromatic rings. The van der Waals surface area contributed by atoms with E-state index >= 15 is 0 Å². The second-order valence-corrected chi connectivity index (χ2v) is 4.21. The van der Waals surface area contributed by atoms with Crippen molar-refractivity contribution in [2.45, 2.75) is 13.8 Å². The van der Waals surface area contributed by atoms with E-state index in [0.29, 0.717) is 11.6 Å². The third-order valence-corrected chi connectivity index (χ3v) is 2.92. The fraction of sp³-hybridized carbons (Fsp3) is 0.214. The van der Waals surface area contributed by atoms with E-state index in [1.807, 2.05) is 32.0 Å². The highest BCUT2D eigenvalue weighted by atomic mass is 16.5. The third-order valence-electron chi connectivity index (χ3n) is 2.92. The molecule has 0 amide bonds. The molecule has 0 unspecified atom stereocenters. The molecule has 0 bridgehead atoms. The number of aromatic hydroxyl groups is 1. The standard InChI is InChI=1S/C14H16N2O2/c1-8-6-10(4-5-12(8)17)11-7-13(18-3)9(2)16-14(11)15/h4-7,17H,1-3H3,(H2,15,16). The van der Waals surface area contributed by atoms with Gasteiger partial charge < -0.3 is 15.6 Å². The van der Waals surface area contributed by atoms with Crippen molar-refractivity contribution in [1.82, 2.24) is 4.98 Å². The number of methoxy groups -OCH3 is 1. The first-order valence-electron chi connectivity index (χ1n) is 5.64. The molecule has 0 saturated heterocycles. The van der Waals surface area contributed by atoms with Crippen LogP contribution in [0.25, 0.3) is 11.1 Å². The summed E-state index contributed by atoms with van der Waals surface area (Å²) < 4.78 is 5.25. The van der Waals surface area contributed by atoms with Gasteiger partial charge in [0.25, 0.3) is 0 Å². The van der Waals surface area contributed by atoms with Crippen LogP contribution in [0.5, 0.6) is 11.5 Å². The second kappa shape index (κ2) is 4.56. The largest absolute Gasteiger partial charge is 0.508 e. The lowest BCUT2D eigenvalue weighted by molar-refractivity contribution is 0.409. The molecule has 0 aliphatic heterocycles. The number of rotatable bonds is 2. The summed E-state index contributed by atoms with van der Waals surface area (Å²) in [5, 5.41) is 9.53. The van der Waals surface area contributed by atoms with Crippen LogP contribution in [0.2, 0.25) is 0 Å². The number of ether oxygens (including phenoxy) is 1. The fourth-order valence-corrected chi connectivity index (χ4v) is 1.87. The van der Waals surface area contributed by atoms with Crippen LogP contribution >= 0.6 is 0 Å². The van der Waals surface area contributed by atoms with Crippen molar-refractivity contribution in [2.24, 2.45) is 0 Å². The van der Waals surface area contributed by atoms with E-state index in [0.717, 1.165) is 22.4 Å². The topological polar surface area (TPSA) is 68.4 Å². The SMILES string of the molecule is COc1cc(-c2ccc(O)c(C)c2)c(N)nc1C. The van der Waals surface area contributed by atoms with Crippen molar-refractivity contribution in [3.8, 4) is 22.6 Å². The van der Waals surface area contributed by atoms with E-state index in [4.69, 9.17) is 10.5 Å². The quantitative estimate of drug-likeness (QED) is 0.852. The number of phenolic OH excluding ortho intramolecular Hbond substituents is 1. The summed E-state index contributed by atoms with van der Waals surface area (Å²) in [5.74, 6) is 1.42. The summed E-state index contributed by atoms with van der Waals surface area (Å²) in [6, 6.07) is 7.20. The normalized spacial score (nSPS) is 10.4. The van der Waals surface area contributed by atoms with Gasteiger partial charge in [0.05, 0.1) is 12.8 Å². The molecule has 0 radical (unpaired) electrons. The number of hydrogen-bond acceptors (Lipinski definition) is 4. The lowest BCUT2D eigenvalue weighted by atomic mass is 10.0. The molecule has 0 aliphatic rings. The Morgan fingerprint density at radius 3 is 2.56 bits per heavy atom. The van der Waals surface area contributed by atoms with Crippen LogP contribution in [0.15, 0.2) is 24.3 Å². The average Bonchev–Trinajstić information content (AvgIpc) is 2.33. The van der Waals surface area contributed by atoms with Crippen molar-refractivity contribution in [3.05, 3.63) is 35.5 Å². The summed E-state index contributed by atoms with van der Waals surface area (Å²) in [6.45, 7) is 3.69. The lowest BCUT2D eigenvalue weighted by Crippen LogP contribution is -1.99. The predicted molar refractivity (Wildman–Crippen MR) is 71.8 cm³/mol. The number of benzene rings is 1. The molecule has 0 fully saturated rings. The molecule has 0 aliphatic carbocycles. The highest BCUT2D eigenvalue weighted by Gasteiger charge is 2.10. The number of nitrogens with two attached hydrogens (primary N) is 1. The molecule has 18 heavy (non-hydrogen) atoms. The Bertz CT molecular complexity index is 595. The van der Waals surface area contributed by atoms with E-state index in [-0.39, 0.29) is 5.75 Å². The first-order valence-corrected chi connectivity index (χ1v) is 5.64. The van der Waals surface area contributed by atoms with Crippen LogP contribution in [0.1, 0.15) is 11.3 Å². The smallest absolute Gasteiger partial charge is 0.140 e. The molecule has 0 atom stereocenters. The zero-order chi connectivity index (χ0) is 13.3. The van der Waals surface area contributed by atoms with Gasteiger partial charge in [-0.25, -0.2) is 4.98 Å². The van der Waals surface area contributed by atoms with Crippen molar-refractivity contribution < 1.29 is 9.84 Å². The summed E-state index contributed by atoms with van der Waals surface area (Å²) in [7, 11) is 1.60. The zero-order valence-electron chi connectivity index (χ0n) is 10.7. The van der Waals surface area contributed by atoms with Crippen molar-refractivity contribution in [3.63, 3.8) is 0 Å². The molecular weight excluding hydrogens is 228 g/mol. The van der Waals surface area contributed by atoms with Gasteiger partial charge >= 0.3 is 0 Å². The summed E-state index contributed by atoms with van der Waals surface area (Å²) in [5.41, 5.74) is 9.21. The minimum absolute atomic E-state index is 0.268. The van der Waals surface area contributed by atoms with Crippen LogP contribution in [-0.2, 0) is 0 Å². The Kier molecular flexibility index (Phi) is 3.10. The lowest BCUT2D eigenvalue weighted by Gasteiger charge is -2.11. The second-order valence-electron chi connectivity index (χ2n) is 4.21. The van der Waals surface area contributed by atoms with E-state index < -0.39 is 0 Å². The Hall–Kier alpha value is -2.23. The number of nitrogen functional groups attached to an aromatic ring is 1. The van der Waals surface area contributed by atoms with E-state index in [1.54, 1.807) is 13.2 Å². The van der Waals surface area contributed by atoms with Crippen LogP contribution in [0.4, 0.5) is 5.82 Å². The predicted octanol–water partition coefficient (Wildman–Crippen LogP) is 2.66. The molecule has 1 heterocycles. The monoisotopic (exact) mass is 244 g/mol. The van der Waals surface area contributed by atoms with Gasteiger partial charge in [0.2, 0.25) is 0 Å². The number of pyridine rings is 1. The Balaban J connectivity index is 2.59. The molecule has 1 aromatic heterocycles. The minimum Gasteiger partial charge on any atom is -0.508 e. The number of aryl methyl sites for hydroxylation is 2. The van der Waals surface area contributed by atoms with Gasteiger partial charge in [-0.3, -0.25) is 0 Å². The maximum Gasteiger partial charge on any atom is 0.140 e. The number of aromatic nitrogens is 1. The van der Waals surface area contributed by atoms with Gasteiger partial charge in [-0.05, 0) is 43.2 Å². The van der Waals surface area contributed by atoms with Crippen LogP contribution in [-0.4, -0.2) is 17.2 Å². The van der Waals surface area contributed by atoms with Gasteiger partial charge in [-0.1, -0.05) is 6.07 Å². The van der Waals surface area contributed by atoms with Gasteiger partial charge in [0, 0.05) is 5.56 Å². The zero-order valence-corrected chi connectivity index (χ0v) is 10.7. The molecule has 0 spiro atoms. The summed E-state index contributed by atoms with van der Waals surface area (Å²) >= 11 is 0. The van der Waals surface area contributed by atoms with Gasteiger partial charge in [0.15, 0.2) is 0 Å². The van der Waals surface area contributed by atoms with E-state index in [1.165, 1.54) is 0 Å². The molecule has 0 saturated carbocycles. The summed E-state index contributed by atoms with van der Waals surface area (Å²) in [4.78, 5) is 4.26. The van der Waals surface area contributed by atoms with Crippen molar-refractivity contribution in [1.29, 1.82) is 0 Å². The van der Waals surface area contributed by atoms with Crippen LogP contribution in [0.3, 0.4) is 0 Å². The summed E-state index contributed by atoms with van der Waals surface area (Å²) in [6.07, 6.45) is 0. The Labute approximate surface area is 106 Å². The first-order chi connectivity index (χ1) is 8.52. The molecule has 4 heteroatoms. The van der Waals surface area contributed by atoms with Crippen molar-refractivity contribution in [2.75, 3.05) is 12.8 Å². The third kappa shape index (κ3) is 2.09. The molecule has 4 nitrogen and oxygen atoms in total. The van der Waals surface area contributed by atoms with Gasteiger partial charge in [-0.2, -0.15) is 0 Å². The van der Waals surface area contributed by atoms with Crippen molar-refractivity contribution >= 4 is 5.82 Å². The first kappa shape index (κ1) is 12.2. The molecule has 94 valence electrons. The number of hydrogen-bond donors (Lipinski definition) is 2. The molecule has 3 N–H and O–H groups in total. The maximum atomic E-state index is 9.53. The number of nitrogens with zero attached hydrogens (tertiary/aromatic N) is 1. The van der Waals surface area contributed by atoms with Crippen LogP contribution < -0.4 is 10.5 Å². The van der Waals surface area contributed by atoms with E-state index in [2.05, 4.69) is 4.98 Å². The number of phenols is 1. The molecule has 2 rings (SSSR count). The Morgan fingerprint density at radius 2 is 1.94 bits per heavy atom. The Morgan fingerprint density at radius 1 is 1.22 bits per heavy atom. The molecule has 1 aromatic carbocycles. The fourth-order valence-electron chi connectivity index (χ4n) is 1.87. The van der Waals surface area contributed by atoms with Gasteiger partial charge in [0.1, 0.15) is 17.3 Å². The van der Waals surface area contributed by atoms with Gasteiger partial charge in [-0.15, -0.1) is 0 Å². The van der Waals surface area contributed by atoms with Crippen LogP contribution in [0, 0.1) is 13.8 Å². The molecular formula is C14H16N2O2. The maximum absolute atomic E-state index is 9.53. The number of anilines is 1. The minimum atomic E-state index is 0.268. The highest BCUT2D eigenvalue weighted by Crippen LogP contribution is 2.32. The highest BCUT2D eigenvalue weighted by molar-refractivity contribution is 5.76. The average molecular weight is 244 g/mol. The van der Waals surface area contributed by atoms with E-state index in [9.17, 15) is 5.11 Å².